The van der Waals surface area contributed by atoms with Gasteiger partial charge >= 0.3 is 6.09 Å². The molecule has 2 aliphatic heterocycles. The maximum Gasteiger partial charge on any atom is 0.410 e. The van der Waals surface area contributed by atoms with E-state index in [0.29, 0.717) is 19.5 Å². The van der Waals surface area contributed by atoms with Crippen LogP contribution < -0.4 is 4.90 Å². The normalized spacial score (nSPS) is 24.5. The molecular weight excluding hydrogens is 308 g/mol. The van der Waals surface area contributed by atoms with Crippen LogP contribution in [0, 0.1) is 0 Å². The molecule has 1 aromatic carbocycles. The summed E-state index contributed by atoms with van der Waals surface area (Å²) in [4.78, 5) is 28.1. The van der Waals surface area contributed by atoms with Crippen molar-refractivity contribution in [3.63, 3.8) is 0 Å². The number of rotatable bonds is 1. The van der Waals surface area contributed by atoms with Gasteiger partial charge in [-0.2, -0.15) is 0 Å². The van der Waals surface area contributed by atoms with Crippen LogP contribution in [-0.4, -0.2) is 54.3 Å². The Bertz CT molecular complexity index is 611. The van der Waals surface area contributed by atoms with E-state index in [1.807, 2.05) is 56.0 Å². The molecular formula is C18H24N2O4. The fraction of sp³-hybridized carbons (Fsp3) is 0.556. The number of hydrogen-bond donors (Lipinski definition) is 0. The van der Waals surface area contributed by atoms with E-state index < -0.39 is 5.60 Å². The summed E-state index contributed by atoms with van der Waals surface area (Å²) >= 11 is 0. The second kappa shape index (κ2) is 6.43. The Labute approximate surface area is 142 Å². The number of carbonyl (C=O) groups excluding carboxylic acids is 2. The van der Waals surface area contributed by atoms with Crippen molar-refractivity contribution in [2.24, 2.45) is 0 Å². The van der Waals surface area contributed by atoms with Crippen molar-refractivity contribution in [1.82, 2.24) is 4.90 Å². The molecule has 6 nitrogen and oxygen atoms in total. The van der Waals surface area contributed by atoms with Crippen LogP contribution in [0.3, 0.4) is 0 Å². The quantitative estimate of drug-likeness (QED) is 0.792. The highest BCUT2D eigenvalue weighted by atomic mass is 16.6. The minimum Gasteiger partial charge on any atom is -0.444 e. The number of nitrogens with zero attached hydrogens (tertiary/aromatic N) is 2. The molecule has 0 saturated carbocycles. The third-order valence-corrected chi connectivity index (χ3v) is 4.23. The Morgan fingerprint density at radius 3 is 2.62 bits per heavy atom. The van der Waals surface area contributed by atoms with Crippen LogP contribution in [0.5, 0.6) is 0 Å². The number of hydrogen-bond acceptors (Lipinski definition) is 4. The molecule has 0 unspecified atom stereocenters. The van der Waals surface area contributed by atoms with E-state index in [4.69, 9.17) is 9.47 Å². The van der Waals surface area contributed by atoms with E-state index >= 15 is 0 Å². The van der Waals surface area contributed by atoms with Gasteiger partial charge in [0, 0.05) is 12.2 Å². The average Bonchev–Trinajstić information content (AvgIpc) is 2.53. The molecule has 2 aliphatic rings. The molecule has 130 valence electrons. The second-order valence-corrected chi connectivity index (χ2v) is 7.23. The zero-order chi connectivity index (χ0) is 17.3. The maximum atomic E-state index is 12.3. The number of piperidine rings is 1. The first kappa shape index (κ1) is 16.8. The largest absolute Gasteiger partial charge is 0.444 e. The van der Waals surface area contributed by atoms with Crippen LogP contribution >= 0.6 is 0 Å². The summed E-state index contributed by atoms with van der Waals surface area (Å²) in [6.07, 6.45) is 0.154. The van der Waals surface area contributed by atoms with Gasteiger partial charge in [0.1, 0.15) is 12.2 Å². The van der Waals surface area contributed by atoms with Gasteiger partial charge in [-0.15, -0.1) is 0 Å². The summed E-state index contributed by atoms with van der Waals surface area (Å²) in [7, 11) is 0. The van der Waals surface area contributed by atoms with E-state index in [1.165, 1.54) is 0 Å². The summed E-state index contributed by atoms with van der Waals surface area (Å²) < 4.78 is 11.2. The number of benzene rings is 1. The topological polar surface area (TPSA) is 59.1 Å². The SMILES string of the molecule is CC(C)(C)OC(=O)N1CC[C@@H]2[C@@H](C1)OCC(=O)N2c1ccccc1. The zero-order valence-electron chi connectivity index (χ0n) is 14.4. The lowest BCUT2D eigenvalue weighted by molar-refractivity contribution is -0.135. The molecule has 2 heterocycles. The third kappa shape index (κ3) is 3.53. The fourth-order valence-corrected chi connectivity index (χ4v) is 3.21. The van der Waals surface area contributed by atoms with Gasteiger partial charge in [0.2, 0.25) is 0 Å². The summed E-state index contributed by atoms with van der Waals surface area (Å²) in [6, 6.07) is 9.58. The monoisotopic (exact) mass is 332 g/mol. The number of carbonyl (C=O) groups is 2. The van der Waals surface area contributed by atoms with Crippen LogP contribution in [0.2, 0.25) is 0 Å². The van der Waals surface area contributed by atoms with Crippen molar-refractivity contribution in [2.75, 3.05) is 24.6 Å². The lowest BCUT2D eigenvalue weighted by Crippen LogP contribution is -2.62. The Kier molecular flexibility index (Phi) is 4.49. The lowest BCUT2D eigenvalue weighted by Gasteiger charge is -2.46. The Morgan fingerprint density at radius 1 is 1.25 bits per heavy atom. The van der Waals surface area contributed by atoms with E-state index in [-0.39, 0.29) is 30.8 Å². The molecule has 24 heavy (non-hydrogen) atoms. The lowest BCUT2D eigenvalue weighted by atomic mass is 9.97. The van der Waals surface area contributed by atoms with E-state index in [2.05, 4.69) is 0 Å². The highest BCUT2D eigenvalue weighted by Gasteiger charge is 2.42. The predicted molar refractivity (Wildman–Crippen MR) is 89.9 cm³/mol. The van der Waals surface area contributed by atoms with Gasteiger partial charge in [0.25, 0.3) is 5.91 Å². The smallest absolute Gasteiger partial charge is 0.410 e. The molecule has 0 spiro atoms. The second-order valence-electron chi connectivity index (χ2n) is 7.23. The van der Waals surface area contributed by atoms with Crippen molar-refractivity contribution < 1.29 is 19.1 Å². The summed E-state index contributed by atoms with van der Waals surface area (Å²) in [5.41, 5.74) is 0.361. The van der Waals surface area contributed by atoms with Crippen molar-refractivity contribution in [2.45, 2.75) is 44.9 Å². The number of morpholine rings is 1. The molecule has 0 bridgehead atoms. The molecule has 2 fully saturated rings. The molecule has 1 aromatic rings. The first-order valence-electron chi connectivity index (χ1n) is 8.32. The predicted octanol–water partition coefficient (Wildman–Crippen LogP) is 2.43. The van der Waals surface area contributed by atoms with Gasteiger partial charge in [-0.1, -0.05) is 18.2 Å². The first-order valence-corrected chi connectivity index (χ1v) is 8.32. The number of ether oxygens (including phenoxy) is 2. The zero-order valence-corrected chi connectivity index (χ0v) is 14.4. The highest BCUT2D eigenvalue weighted by Crippen LogP contribution is 2.29. The Morgan fingerprint density at radius 2 is 1.96 bits per heavy atom. The molecule has 0 aromatic heterocycles. The van der Waals surface area contributed by atoms with Gasteiger partial charge in [0.05, 0.1) is 18.7 Å². The summed E-state index contributed by atoms with van der Waals surface area (Å²) in [6.45, 7) is 6.59. The number of fused-ring (bicyclic) bond motifs is 1. The Hall–Kier alpha value is -2.08. The van der Waals surface area contributed by atoms with Gasteiger partial charge in [-0.3, -0.25) is 4.79 Å². The van der Waals surface area contributed by atoms with Crippen LogP contribution in [0.1, 0.15) is 27.2 Å². The number of para-hydroxylation sites is 1. The fourth-order valence-electron chi connectivity index (χ4n) is 3.21. The van der Waals surface area contributed by atoms with Crippen LogP contribution in [0.25, 0.3) is 0 Å². The summed E-state index contributed by atoms with van der Waals surface area (Å²) in [5, 5.41) is 0. The van der Waals surface area contributed by atoms with Gasteiger partial charge in [-0.25, -0.2) is 4.79 Å². The summed E-state index contributed by atoms with van der Waals surface area (Å²) in [5.74, 6) is -0.0341. The van der Waals surface area contributed by atoms with Crippen molar-refractivity contribution in [3.05, 3.63) is 30.3 Å². The van der Waals surface area contributed by atoms with E-state index in [1.54, 1.807) is 4.90 Å². The molecule has 2 atom stereocenters. The molecule has 6 heteroatoms. The van der Waals surface area contributed by atoms with Gasteiger partial charge in [0.15, 0.2) is 0 Å². The maximum absolute atomic E-state index is 12.3. The molecule has 0 N–H and O–H groups in total. The molecule has 0 aliphatic carbocycles. The van der Waals surface area contributed by atoms with Crippen LogP contribution in [0.15, 0.2) is 30.3 Å². The van der Waals surface area contributed by atoms with Crippen molar-refractivity contribution >= 4 is 17.7 Å². The minimum atomic E-state index is -0.520. The molecule has 2 amide bonds. The first-order chi connectivity index (χ1) is 11.3. The third-order valence-electron chi connectivity index (χ3n) is 4.23. The van der Waals surface area contributed by atoms with Crippen molar-refractivity contribution in [3.8, 4) is 0 Å². The van der Waals surface area contributed by atoms with Crippen LogP contribution in [0.4, 0.5) is 10.5 Å². The van der Waals surface area contributed by atoms with Crippen molar-refractivity contribution in [1.29, 1.82) is 0 Å². The molecule has 2 saturated heterocycles. The van der Waals surface area contributed by atoms with Crippen LogP contribution in [-0.2, 0) is 14.3 Å². The average molecular weight is 332 g/mol. The van der Waals surface area contributed by atoms with Gasteiger partial charge < -0.3 is 19.3 Å². The number of amides is 2. The van der Waals surface area contributed by atoms with E-state index in [9.17, 15) is 9.59 Å². The molecule has 3 rings (SSSR count). The minimum absolute atomic E-state index is 0.0341. The number of anilines is 1. The van der Waals surface area contributed by atoms with E-state index in [0.717, 1.165) is 5.69 Å². The van der Waals surface area contributed by atoms with Gasteiger partial charge in [-0.05, 0) is 39.3 Å². The highest BCUT2D eigenvalue weighted by molar-refractivity contribution is 5.95. The Balaban J connectivity index is 1.73. The number of likely N-dealkylation sites (tertiary alicyclic amines) is 1. The molecule has 0 radical (unpaired) electrons. The standard InChI is InChI=1S/C18H24N2O4/c1-18(2,3)24-17(22)19-10-9-14-15(11-19)23-12-16(21)20(14)13-7-5-4-6-8-13/h4-8,14-15H,9-12H2,1-3H3/t14-,15-/m1/s1.